The van der Waals surface area contributed by atoms with Crippen LogP contribution in [0.3, 0.4) is 0 Å². The number of ether oxygens (including phenoxy) is 1. The zero-order valence-corrected chi connectivity index (χ0v) is 9.79. The number of anilines is 1. The van der Waals surface area contributed by atoms with Gasteiger partial charge in [-0.2, -0.15) is 0 Å². The van der Waals surface area contributed by atoms with Crippen molar-refractivity contribution in [1.82, 2.24) is 4.90 Å². The Kier molecular flexibility index (Phi) is 3.76. The van der Waals surface area contributed by atoms with E-state index in [0.717, 1.165) is 6.07 Å². The molecular formula is C12H14F2N2O2. The van der Waals surface area contributed by atoms with Crippen molar-refractivity contribution in [3.05, 3.63) is 29.3 Å². The largest absolute Gasteiger partial charge is 0.396 e. The van der Waals surface area contributed by atoms with Crippen molar-refractivity contribution in [2.24, 2.45) is 0 Å². The quantitative estimate of drug-likeness (QED) is 0.773. The molecule has 0 unspecified atom stereocenters. The molecule has 1 heterocycles. The van der Waals surface area contributed by atoms with E-state index in [1.165, 1.54) is 4.90 Å². The normalized spacial score (nSPS) is 16.4. The standard InChI is InChI=1S/C12H14F2N2O2/c13-9-7-10(14)11(15)6-8(9)12(17)16-2-1-4-18-5-3-16/h6-7H,1-5,15H2. The molecule has 0 bridgehead atoms. The summed E-state index contributed by atoms with van der Waals surface area (Å²) in [7, 11) is 0. The first-order chi connectivity index (χ1) is 8.59. The molecule has 0 aliphatic carbocycles. The summed E-state index contributed by atoms with van der Waals surface area (Å²) in [5.74, 6) is -2.23. The van der Waals surface area contributed by atoms with Crippen molar-refractivity contribution in [2.75, 3.05) is 32.0 Å². The molecule has 1 aliphatic rings. The third-order valence-corrected chi connectivity index (χ3v) is 2.83. The van der Waals surface area contributed by atoms with Crippen LogP contribution in [-0.2, 0) is 4.74 Å². The van der Waals surface area contributed by atoms with E-state index in [9.17, 15) is 13.6 Å². The Morgan fingerprint density at radius 2 is 2.00 bits per heavy atom. The van der Waals surface area contributed by atoms with Crippen LogP contribution in [0, 0.1) is 11.6 Å². The van der Waals surface area contributed by atoms with Crippen LogP contribution in [0.15, 0.2) is 12.1 Å². The number of halogens is 2. The maximum absolute atomic E-state index is 13.6. The fourth-order valence-electron chi connectivity index (χ4n) is 1.85. The molecule has 6 heteroatoms. The van der Waals surface area contributed by atoms with Gasteiger partial charge in [-0.05, 0) is 12.5 Å². The highest BCUT2D eigenvalue weighted by molar-refractivity contribution is 5.95. The van der Waals surface area contributed by atoms with E-state index >= 15 is 0 Å². The molecule has 2 N–H and O–H groups in total. The molecule has 0 atom stereocenters. The van der Waals surface area contributed by atoms with E-state index in [4.69, 9.17) is 10.5 Å². The van der Waals surface area contributed by atoms with Crippen LogP contribution in [0.2, 0.25) is 0 Å². The van der Waals surface area contributed by atoms with Gasteiger partial charge in [0.05, 0.1) is 17.9 Å². The molecular weight excluding hydrogens is 242 g/mol. The first-order valence-electron chi connectivity index (χ1n) is 5.71. The van der Waals surface area contributed by atoms with Crippen molar-refractivity contribution in [3.63, 3.8) is 0 Å². The van der Waals surface area contributed by atoms with E-state index in [1.807, 2.05) is 0 Å². The molecule has 0 aromatic heterocycles. The van der Waals surface area contributed by atoms with E-state index in [1.54, 1.807) is 0 Å². The molecule has 2 rings (SSSR count). The van der Waals surface area contributed by atoms with E-state index in [2.05, 4.69) is 0 Å². The van der Waals surface area contributed by atoms with Crippen molar-refractivity contribution in [1.29, 1.82) is 0 Å². The van der Waals surface area contributed by atoms with Gasteiger partial charge in [0.25, 0.3) is 5.91 Å². The Morgan fingerprint density at radius 1 is 1.22 bits per heavy atom. The number of nitrogens with zero attached hydrogens (tertiary/aromatic N) is 1. The second-order valence-corrected chi connectivity index (χ2v) is 4.11. The molecule has 98 valence electrons. The summed E-state index contributed by atoms with van der Waals surface area (Å²) >= 11 is 0. The number of amides is 1. The van der Waals surface area contributed by atoms with Crippen molar-refractivity contribution in [2.45, 2.75) is 6.42 Å². The maximum atomic E-state index is 13.6. The van der Waals surface area contributed by atoms with Gasteiger partial charge in [-0.25, -0.2) is 8.78 Å². The molecule has 18 heavy (non-hydrogen) atoms. The zero-order chi connectivity index (χ0) is 13.1. The molecule has 1 aromatic carbocycles. The van der Waals surface area contributed by atoms with Gasteiger partial charge in [0.1, 0.15) is 11.6 Å². The summed E-state index contributed by atoms with van der Waals surface area (Å²) in [5.41, 5.74) is 4.92. The monoisotopic (exact) mass is 256 g/mol. The predicted molar refractivity (Wildman–Crippen MR) is 62.1 cm³/mol. The predicted octanol–water partition coefficient (Wildman–Crippen LogP) is 1.41. The van der Waals surface area contributed by atoms with Crippen LogP contribution in [0.4, 0.5) is 14.5 Å². The van der Waals surface area contributed by atoms with Crippen LogP contribution >= 0.6 is 0 Å². The lowest BCUT2D eigenvalue weighted by molar-refractivity contribution is 0.0736. The molecule has 1 aromatic rings. The highest BCUT2D eigenvalue weighted by Gasteiger charge is 2.21. The molecule has 0 saturated carbocycles. The Labute approximate surface area is 103 Å². The van der Waals surface area contributed by atoms with E-state index < -0.39 is 17.5 Å². The lowest BCUT2D eigenvalue weighted by Gasteiger charge is -2.20. The fraction of sp³-hybridized carbons (Fsp3) is 0.417. The minimum absolute atomic E-state index is 0.198. The molecule has 0 spiro atoms. The average Bonchev–Trinajstić information content (AvgIpc) is 2.61. The molecule has 1 amide bonds. The van der Waals surface area contributed by atoms with Crippen LogP contribution < -0.4 is 5.73 Å². The number of nitrogen functional groups attached to an aromatic ring is 1. The minimum Gasteiger partial charge on any atom is -0.396 e. The highest BCUT2D eigenvalue weighted by atomic mass is 19.1. The molecule has 1 saturated heterocycles. The maximum Gasteiger partial charge on any atom is 0.256 e. The molecule has 1 fully saturated rings. The summed E-state index contributed by atoms with van der Waals surface area (Å²) in [6.45, 7) is 1.90. The van der Waals surface area contributed by atoms with Crippen molar-refractivity contribution in [3.8, 4) is 0 Å². The van der Waals surface area contributed by atoms with E-state index in [0.29, 0.717) is 38.8 Å². The van der Waals surface area contributed by atoms with Gasteiger partial charge in [-0.3, -0.25) is 4.79 Å². The summed E-state index contributed by atoms with van der Waals surface area (Å²) in [4.78, 5) is 13.6. The topological polar surface area (TPSA) is 55.6 Å². The summed E-state index contributed by atoms with van der Waals surface area (Å²) < 4.78 is 31.8. The second-order valence-electron chi connectivity index (χ2n) is 4.11. The van der Waals surface area contributed by atoms with Gasteiger partial charge in [-0.1, -0.05) is 0 Å². The number of hydrogen-bond acceptors (Lipinski definition) is 3. The summed E-state index contributed by atoms with van der Waals surface area (Å²) in [5, 5.41) is 0. The first kappa shape index (κ1) is 12.8. The third kappa shape index (κ3) is 2.59. The Hall–Kier alpha value is -1.69. The first-order valence-corrected chi connectivity index (χ1v) is 5.71. The van der Waals surface area contributed by atoms with Crippen LogP contribution in [0.25, 0.3) is 0 Å². The van der Waals surface area contributed by atoms with Crippen LogP contribution in [-0.4, -0.2) is 37.1 Å². The van der Waals surface area contributed by atoms with Gasteiger partial charge in [-0.15, -0.1) is 0 Å². The van der Waals surface area contributed by atoms with Crippen LogP contribution in [0.5, 0.6) is 0 Å². The van der Waals surface area contributed by atoms with E-state index in [-0.39, 0.29) is 11.3 Å². The van der Waals surface area contributed by atoms with Gasteiger partial charge in [0, 0.05) is 25.8 Å². The Bertz CT molecular complexity index is 458. The lowest BCUT2D eigenvalue weighted by atomic mass is 10.1. The number of rotatable bonds is 1. The van der Waals surface area contributed by atoms with Crippen molar-refractivity contribution >= 4 is 11.6 Å². The number of benzene rings is 1. The third-order valence-electron chi connectivity index (χ3n) is 2.83. The van der Waals surface area contributed by atoms with Gasteiger partial charge < -0.3 is 15.4 Å². The zero-order valence-electron chi connectivity index (χ0n) is 9.79. The Morgan fingerprint density at radius 3 is 2.78 bits per heavy atom. The fourth-order valence-corrected chi connectivity index (χ4v) is 1.85. The summed E-state index contributed by atoms with van der Waals surface area (Å²) in [6, 6.07) is 1.68. The van der Waals surface area contributed by atoms with Gasteiger partial charge >= 0.3 is 0 Å². The second kappa shape index (κ2) is 5.30. The van der Waals surface area contributed by atoms with Crippen LogP contribution in [0.1, 0.15) is 16.8 Å². The van der Waals surface area contributed by atoms with Crippen molar-refractivity contribution < 1.29 is 18.3 Å². The number of hydrogen-bond donors (Lipinski definition) is 1. The highest BCUT2D eigenvalue weighted by Crippen LogP contribution is 2.18. The molecule has 0 radical (unpaired) electrons. The smallest absolute Gasteiger partial charge is 0.256 e. The van der Waals surface area contributed by atoms with Gasteiger partial charge in [0.15, 0.2) is 0 Å². The number of nitrogens with two attached hydrogens (primary N) is 1. The number of carbonyl (C=O) groups is 1. The van der Waals surface area contributed by atoms with Gasteiger partial charge in [0.2, 0.25) is 0 Å². The number of carbonyl (C=O) groups excluding carboxylic acids is 1. The lowest BCUT2D eigenvalue weighted by Crippen LogP contribution is -2.33. The average molecular weight is 256 g/mol. The molecule has 4 nitrogen and oxygen atoms in total. The molecule has 1 aliphatic heterocycles. The minimum atomic E-state index is -0.892. The SMILES string of the molecule is Nc1cc(C(=O)N2CCCOCC2)c(F)cc1F. The Balaban J connectivity index is 2.24. The summed E-state index contributed by atoms with van der Waals surface area (Å²) in [6.07, 6.45) is 0.698.